The monoisotopic (exact) mass is 438 g/mol. The van der Waals surface area contributed by atoms with Gasteiger partial charge in [0.2, 0.25) is 5.91 Å². The Balaban J connectivity index is 1.86. The van der Waals surface area contributed by atoms with Crippen molar-refractivity contribution in [2.24, 2.45) is 0 Å². The Morgan fingerprint density at radius 2 is 1.68 bits per heavy atom. The zero-order valence-corrected chi connectivity index (χ0v) is 18.6. The van der Waals surface area contributed by atoms with Crippen LogP contribution in [0.2, 0.25) is 0 Å². The van der Waals surface area contributed by atoms with E-state index < -0.39 is 10.0 Å². The Labute approximate surface area is 183 Å². The number of hydrogen-bond acceptors (Lipinski definition) is 4. The van der Waals surface area contributed by atoms with Gasteiger partial charge in [0.25, 0.3) is 10.0 Å². The van der Waals surface area contributed by atoms with Gasteiger partial charge in [0.1, 0.15) is 5.75 Å². The summed E-state index contributed by atoms with van der Waals surface area (Å²) in [5.74, 6) is -0.0883. The lowest BCUT2D eigenvalue weighted by Gasteiger charge is -2.17. The average Bonchev–Trinajstić information content (AvgIpc) is 2.76. The van der Waals surface area contributed by atoms with E-state index in [9.17, 15) is 13.2 Å². The molecule has 0 unspecified atom stereocenters. The van der Waals surface area contributed by atoms with Gasteiger partial charge < -0.3 is 10.1 Å². The van der Waals surface area contributed by atoms with Gasteiger partial charge in [0.05, 0.1) is 23.6 Å². The molecule has 0 heterocycles. The third-order valence-corrected chi connectivity index (χ3v) is 6.53. The highest BCUT2D eigenvalue weighted by atomic mass is 32.2. The highest BCUT2D eigenvalue weighted by Gasteiger charge is 2.22. The van der Waals surface area contributed by atoms with Crippen LogP contribution in [0, 0.1) is 6.92 Å². The number of hydrogen-bond donors (Lipinski definition) is 2. The van der Waals surface area contributed by atoms with Crippen molar-refractivity contribution in [1.29, 1.82) is 0 Å². The van der Waals surface area contributed by atoms with E-state index in [-0.39, 0.29) is 16.7 Å². The van der Waals surface area contributed by atoms with Crippen LogP contribution in [-0.4, -0.2) is 21.4 Å². The molecule has 0 bridgehead atoms. The molecule has 0 radical (unpaired) electrons. The molecule has 31 heavy (non-hydrogen) atoms. The van der Waals surface area contributed by atoms with Crippen molar-refractivity contribution in [3.8, 4) is 5.75 Å². The van der Waals surface area contributed by atoms with Gasteiger partial charge in [-0.3, -0.25) is 9.52 Å². The minimum absolute atomic E-state index is 0.0870. The summed E-state index contributed by atoms with van der Waals surface area (Å²) in [7, 11) is -2.42. The molecule has 3 aromatic carbocycles. The number of para-hydroxylation sites is 2. The number of methoxy groups -OCH3 is 1. The second kappa shape index (κ2) is 9.66. The first kappa shape index (κ1) is 22.4. The Bertz CT molecular complexity index is 1160. The number of carbonyl (C=O) groups is 1. The first-order valence-corrected chi connectivity index (χ1v) is 11.5. The fourth-order valence-electron chi connectivity index (χ4n) is 3.38. The van der Waals surface area contributed by atoms with Crippen molar-refractivity contribution in [1.82, 2.24) is 0 Å². The third kappa shape index (κ3) is 5.24. The van der Waals surface area contributed by atoms with Crippen molar-refractivity contribution in [3.05, 3.63) is 83.9 Å². The van der Waals surface area contributed by atoms with Gasteiger partial charge in [-0.05, 0) is 48.7 Å². The molecule has 3 rings (SSSR count). The number of rotatable bonds is 8. The van der Waals surface area contributed by atoms with Crippen molar-refractivity contribution in [2.75, 3.05) is 17.1 Å². The third-order valence-electron chi connectivity index (χ3n) is 5.02. The predicted molar refractivity (Wildman–Crippen MR) is 123 cm³/mol. The van der Waals surface area contributed by atoms with E-state index in [1.807, 2.05) is 37.3 Å². The molecule has 0 spiro atoms. The van der Waals surface area contributed by atoms with Crippen LogP contribution in [0.5, 0.6) is 5.75 Å². The topological polar surface area (TPSA) is 84.5 Å². The minimum atomic E-state index is -3.89. The van der Waals surface area contributed by atoms with E-state index in [0.717, 1.165) is 5.56 Å². The van der Waals surface area contributed by atoms with Crippen molar-refractivity contribution in [3.63, 3.8) is 0 Å². The lowest BCUT2D eigenvalue weighted by molar-refractivity contribution is -0.117. The normalized spacial score (nSPS) is 12.1. The second-order valence-corrected chi connectivity index (χ2v) is 8.80. The van der Waals surface area contributed by atoms with Crippen LogP contribution >= 0.6 is 0 Å². The number of carbonyl (C=O) groups excluding carboxylic acids is 1. The second-order valence-electron chi connectivity index (χ2n) is 7.15. The molecule has 1 amide bonds. The zero-order chi connectivity index (χ0) is 22.4. The van der Waals surface area contributed by atoms with E-state index in [1.165, 1.54) is 13.2 Å². The van der Waals surface area contributed by atoms with Crippen LogP contribution in [-0.2, 0) is 14.8 Å². The fraction of sp³-hybridized carbons (Fsp3) is 0.208. The maximum atomic E-state index is 13.1. The molecule has 7 heteroatoms. The van der Waals surface area contributed by atoms with Crippen molar-refractivity contribution >= 4 is 27.3 Å². The number of nitrogens with one attached hydrogen (secondary N) is 2. The van der Waals surface area contributed by atoms with Gasteiger partial charge >= 0.3 is 0 Å². The molecule has 0 aliphatic rings. The maximum Gasteiger partial charge on any atom is 0.262 e. The first-order chi connectivity index (χ1) is 14.9. The summed E-state index contributed by atoms with van der Waals surface area (Å²) in [6, 6.07) is 21.2. The minimum Gasteiger partial charge on any atom is -0.495 e. The van der Waals surface area contributed by atoms with E-state index >= 15 is 0 Å². The molecule has 2 N–H and O–H groups in total. The maximum absolute atomic E-state index is 13.1. The van der Waals surface area contributed by atoms with Gasteiger partial charge in [-0.2, -0.15) is 0 Å². The zero-order valence-electron chi connectivity index (χ0n) is 17.8. The average molecular weight is 439 g/mol. The molecule has 6 nitrogen and oxygen atoms in total. The van der Waals surface area contributed by atoms with E-state index in [1.54, 1.807) is 43.3 Å². The Kier molecular flexibility index (Phi) is 6.97. The summed E-state index contributed by atoms with van der Waals surface area (Å²) in [5, 5.41) is 2.86. The molecular weight excluding hydrogens is 412 g/mol. The summed E-state index contributed by atoms with van der Waals surface area (Å²) in [4.78, 5) is 13.0. The molecule has 0 saturated heterocycles. The molecule has 162 valence electrons. The molecular formula is C24H26N2O4S. The van der Waals surface area contributed by atoms with Crippen LogP contribution in [0.1, 0.15) is 30.4 Å². The van der Waals surface area contributed by atoms with Gasteiger partial charge in [0, 0.05) is 5.69 Å². The summed E-state index contributed by atoms with van der Waals surface area (Å²) in [5.41, 5.74) is 2.25. The quantitative estimate of drug-likeness (QED) is 0.522. The lowest BCUT2D eigenvalue weighted by atomic mass is 9.95. The van der Waals surface area contributed by atoms with Crippen molar-refractivity contribution < 1.29 is 17.9 Å². The molecule has 3 aromatic rings. The summed E-state index contributed by atoms with van der Waals surface area (Å²) in [6.45, 7) is 3.65. The predicted octanol–water partition coefficient (Wildman–Crippen LogP) is 4.94. The largest absolute Gasteiger partial charge is 0.495 e. The highest BCUT2D eigenvalue weighted by Crippen LogP contribution is 2.29. The van der Waals surface area contributed by atoms with Crippen LogP contribution < -0.4 is 14.8 Å². The first-order valence-electron chi connectivity index (χ1n) is 9.98. The smallest absolute Gasteiger partial charge is 0.262 e. The molecule has 0 aliphatic heterocycles. The summed E-state index contributed by atoms with van der Waals surface area (Å²) < 4.78 is 33.9. The number of anilines is 2. The standard InChI is InChI=1S/C24H26N2O4S/c1-4-20(18-10-6-5-7-11-18)24(27)25-19-15-14-17(2)23(16-19)31(28,29)26-21-12-8-9-13-22(21)30-3/h5-16,20,26H,4H2,1-3H3,(H,25,27)/t20-/m1/s1. The molecule has 1 atom stereocenters. The number of sulfonamides is 1. The van der Waals surface area contributed by atoms with Gasteiger partial charge in [-0.15, -0.1) is 0 Å². The molecule has 0 aromatic heterocycles. The summed E-state index contributed by atoms with van der Waals surface area (Å²) >= 11 is 0. The van der Waals surface area contributed by atoms with Gasteiger partial charge in [-0.25, -0.2) is 8.42 Å². The Morgan fingerprint density at radius 1 is 1.00 bits per heavy atom. The fourth-order valence-corrected chi connectivity index (χ4v) is 4.73. The van der Waals surface area contributed by atoms with Crippen LogP contribution in [0.3, 0.4) is 0 Å². The highest BCUT2D eigenvalue weighted by molar-refractivity contribution is 7.92. The van der Waals surface area contributed by atoms with Crippen LogP contribution in [0.25, 0.3) is 0 Å². The molecule has 0 saturated carbocycles. The SMILES string of the molecule is CC[C@@H](C(=O)Nc1ccc(C)c(S(=O)(=O)Nc2ccccc2OC)c1)c1ccccc1. The number of ether oxygens (including phenoxy) is 1. The Morgan fingerprint density at radius 3 is 2.35 bits per heavy atom. The van der Waals surface area contributed by atoms with Crippen molar-refractivity contribution in [2.45, 2.75) is 31.1 Å². The Hall–Kier alpha value is -3.32. The molecule has 0 fully saturated rings. The van der Waals surface area contributed by atoms with E-state index in [2.05, 4.69) is 10.0 Å². The lowest BCUT2D eigenvalue weighted by Crippen LogP contribution is -2.21. The van der Waals surface area contributed by atoms with Crippen LogP contribution in [0.4, 0.5) is 11.4 Å². The number of benzene rings is 3. The van der Waals surface area contributed by atoms with E-state index in [4.69, 9.17) is 4.74 Å². The summed E-state index contributed by atoms with van der Waals surface area (Å²) in [6.07, 6.45) is 0.627. The number of amides is 1. The molecule has 0 aliphatic carbocycles. The van der Waals surface area contributed by atoms with Gasteiger partial charge in [0.15, 0.2) is 0 Å². The number of aryl methyl sites for hydroxylation is 1. The van der Waals surface area contributed by atoms with Crippen LogP contribution in [0.15, 0.2) is 77.7 Å². The van der Waals surface area contributed by atoms with E-state index in [0.29, 0.717) is 29.1 Å². The van der Waals surface area contributed by atoms with Gasteiger partial charge in [-0.1, -0.05) is 55.5 Å².